The fourth-order valence-electron chi connectivity index (χ4n) is 9.31. The molecule has 0 aliphatic carbocycles. The Hall–Kier alpha value is -4.94. The molecule has 0 radical (unpaired) electrons. The molecule has 4 amide bonds. The number of carbonyl (C=O) groups excluding carboxylic acids is 4. The molecule has 6 heterocycles. The van der Waals surface area contributed by atoms with Gasteiger partial charge < -0.3 is 38.9 Å². The molecular formula is C52H54N4O8S4. The Balaban J connectivity index is 1.01. The molecule has 4 bridgehead atoms. The number of thioether (sulfide) groups is 4. The lowest BCUT2D eigenvalue weighted by atomic mass is 9.94. The number of rotatable bonds is 16. The summed E-state index contributed by atoms with van der Waals surface area (Å²) in [5, 5.41) is 9.83. The van der Waals surface area contributed by atoms with Crippen LogP contribution in [0.25, 0.3) is 0 Å². The Morgan fingerprint density at radius 1 is 0.456 bits per heavy atom. The van der Waals surface area contributed by atoms with Crippen molar-refractivity contribution in [2.75, 3.05) is 48.5 Å². The van der Waals surface area contributed by atoms with Gasteiger partial charge in [-0.15, -0.1) is 47.0 Å². The van der Waals surface area contributed by atoms with Gasteiger partial charge in [0.2, 0.25) is 0 Å². The summed E-state index contributed by atoms with van der Waals surface area (Å²) in [5.41, 5.74) is 6.18. The molecular weight excluding hydrogens is 937 g/mol. The van der Waals surface area contributed by atoms with Crippen molar-refractivity contribution in [3.63, 3.8) is 0 Å². The molecule has 1 N–H and O–H groups in total. The second kappa shape index (κ2) is 19.5. The minimum Gasteiger partial charge on any atom is -0.497 e. The lowest BCUT2D eigenvalue weighted by Gasteiger charge is -2.51. The average Bonchev–Trinajstić information content (AvgIpc) is 3.63. The highest BCUT2D eigenvalue weighted by atomic mass is 32.2. The van der Waals surface area contributed by atoms with Crippen LogP contribution in [0.1, 0.15) is 48.1 Å². The van der Waals surface area contributed by atoms with Crippen molar-refractivity contribution in [1.82, 2.24) is 19.6 Å². The van der Waals surface area contributed by atoms with Crippen LogP contribution >= 0.6 is 47.0 Å². The van der Waals surface area contributed by atoms with Gasteiger partial charge in [-0.05, 0) is 51.1 Å². The molecule has 0 aromatic heterocycles. The number of amides is 4. The van der Waals surface area contributed by atoms with Gasteiger partial charge in [-0.2, -0.15) is 0 Å². The number of methoxy groups -OCH3 is 1. The maximum atomic E-state index is 15.1. The Labute approximate surface area is 414 Å². The normalized spacial score (nSPS) is 26.9. The predicted molar refractivity (Wildman–Crippen MR) is 269 cm³/mol. The second-order valence-corrected chi connectivity index (χ2v) is 23.7. The first-order valence-corrected chi connectivity index (χ1v) is 25.8. The van der Waals surface area contributed by atoms with Gasteiger partial charge >= 0.3 is 0 Å². The number of hydrogen-bond acceptors (Lipinski definition) is 12. The summed E-state index contributed by atoms with van der Waals surface area (Å²) in [6.07, 6.45) is 0.420. The minimum atomic E-state index is -1.34. The third-order valence-electron chi connectivity index (χ3n) is 13.5. The Morgan fingerprint density at radius 2 is 0.794 bits per heavy atom. The molecule has 12 nitrogen and oxygen atoms in total. The fourth-order valence-corrected chi connectivity index (χ4v) is 16.9. The highest BCUT2D eigenvalue weighted by Crippen LogP contribution is 2.63. The Morgan fingerprint density at radius 3 is 1.18 bits per heavy atom. The molecule has 0 saturated carbocycles. The third kappa shape index (κ3) is 8.49. The molecule has 6 fully saturated rings. The van der Waals surface area contributed by atoms with E-state index in [1.54, 1.807) is 54.9 Å². The van der Waals surface area contributed by atoms with Crippen LogP contribution in [0.5, 0.6) is 5.75 Å². The summed E-state index contributed by atoms with van der Waals surface area (Å²) in [5.74, 6) is -0.136. The largest absolute Gasteiger partial charge is 0.497 e. The first kappa shape index (κ1) is 48.1. The van der Waals surface area contributed by atoms with E-state index >= 15 is 9.59 Å². The van der Waals surface area contributed by atoms with E-state index in [-0.39, 0.29) is 78.7 Å². The summed E-state index contributed by atoms with van der Waals surface area (Å²) in [7, 11) is 8.45. The molecule has 5 aromatic carbocycles. The summed E-state index contributed by atoms with van der Waals surface area (Å²) >= 11 is 5.75. The van der Waals surface area contributed by atoms with Crippen molar-refractivity contribution in [2.45, 2.75) is 61.3 Å². The Bertz CT molecular complexity index is 2470. The van der Waals surface area contributed by atoms with Gasteiger partial charge in [0, 0.05) is 41.0 Å². The van der Waals surface area contributed by atoms with Crippen molar-refractivity contribution in [2.24, 2.45) is 0 Å². The number of carbonyl (C=O) groups is 4. The number of aliphatic hydroxyl groups is 1. The van der Waals surface area contributed by atoms with Crippen molar-refractivity contribution in [1.29, 1.82) is 0 Å². The summed E-state index contributed by atoms with van der Waals surface area (Å²) in [4.78, 5) is 61.0. The fraction of sp³-hybridized carbons (Fsp3) is 0.346. The number of fused-ring (bicyclic) bond motifs is 8. The predicted octanol–water partition coefficient (Wildman–Crippen LogP) is 7.71. The number of likely N-dealkylation sites (N-methyl/N-ethyl adjacent to an activating group) is 4. The van der Waals surface area contributed by atoms with Gasteiger partial charge in [-0.25, -0.2) is 0 Å². The van der Waals surface area contributed by atoms with Crippen molar-refractivity contribution in [3.05, 3.63) is 172 Å². The second-order valence-electron chi connectivity index (χ2n) is 17.5. The number of aliphatic hydroxyl groups excluding tert-OH is 1. The minimum absolute atomic E-state index is 0.00422. The van der Waals surface area contributed by atoms with Crippen LogP contribution in [-0.4, -0.2) is 116 Å². The monoisotopic (exact) mass is 990 g/mol. The van der Waals surface area contributed by atoms with Crippen LogP contribution in [0.2, 0.25) is 0 Å². The number of ether oxygens (including phenoxy) is 3. The van der Waals surface area contributed by atoms with E-state index in [2.05, 4.69) is 0 Å². The first-order valence-electron chi connectivity index (χ1n) is 22.3. The molecule has 68 heavy (non-hydrogen) atoms. The number of nitrogens with zero attached hydrogens (tertiary/aromatic N) is 4. The number of piperazine rings is 2. The van der Waals surface area contributed by atoms with Crippen molar-refractivity contribution < 1.29 is 38.5 Å². The van der Waals surface area contributed by atoms with Crippen LogP contribution in [-0.2, 0) is 61.3 Å². The molecule has 11 rings (SSSR count). The maximum Gasteiger partial charge on any atom is 0.262 e. The number of benzene rings is 5. The van der Waals surface area contributed by atoms with E-state index in [0.29, 0.717) is 5.75 Å². The SMILES string of the molecule is COc1ccc(C2S[C@@]3(COCc4ccccc4)C(=O)N(C)[C@@](Cc4ccc(C[C@@]56SC(c7ccc(CO)cc7)S[C@@](COCc7ccccc7)(C(=O)N5C)N(C)C6=O)cc4)(S2)C(=O)N3C)cc1. The van der Waals surface area contributed by atoms with E-state index in [4.69, 9.17) is 14.2 Å². The lowest BCUT2D eigenvalue weighted by Crippen LogP contribution is -2.73. The zero-order valence-corrected chi connectivity index (χ0v) is 41.8. The summed E-state index contributed by atoms with van der Waals surface area (Å²) in [6.45, 7) is 0.441. The van der Waals surface area contributed by atoms with Crippen molar-refractivity contribution >= 4 is 70.7 Å². The highest BCUT2D eigenvalue weighted by molar-refractivity contribution is 8.19. The Kier molecular flexibility index (Phi) is 13.8. The van der Waals surface area contributed by atoms with E-state index < -0.39 is 19.5 Å². The van der Waals surface area contributed by atoms with Gasteiger partial charge in [0.25, 0.3) is 23.6 Å². The lowest BCUT2D eigenvalue weighted by molar-refractivity contribution is -0.166. The molecule has 6 aliphatic heterocycles. The summed E-state index contributed by atoms with van der Waals surface area (Å²) < 4.78 is 17.4. The first-order chi connectivity index (χ1) is 32.8. The zero-order valence-electron chi connectivity index (χ0n) is 38.5. The van der Waals surface area contributed by atoms with Crippen LogP contribution in [0.15, 0.2) is 133 Å². The molecule has 6 saturated heterocycles. The molecule has 6 atom stereocenters. The molecule has 354 valence electrons. The van der Waals surface area contributed by atoms with Gasteiger partial charge in [0.15, 0.2) is 19.5 Å². The van der Waals surface area contributed by atoms with Crippen LogP contribution < -0.4 is 4.74 Å². The van der Waals surface area contributed by atoms with Gasteiger partial charge in [0.05, 0.1) is 49.3 Å². The third-order valence-corrected chi connectivity index (χ3v) is 20.5. The highest BCUT2D eigenvalue weighted by Gasteiger charge is 2.68. The average molecular weight is 991 g/mol. The number of hydrogen-bond donors (Lipinski definition) is 1. The topological polar surface area (TPSA) is 129 Å². The van der Waals surface area contributed by atoms with Crippen LogP contribution in [0, 0.1) is 0 Å². The zero-order chi connectivity index (χ0) is 47.8. The quantitative estimate of drug-likeness (QED) is 0.104. The maximum absolute atomic E-state index is 15.1. The smallest absolute Gasteiger partial charge is 0.262 e. The van der Waals surface area contributed by atoms with Crippen LogP contribution in [0.3, 0.4) is 0 Å². The molecule has 5 aromatic rings. The van der Waals surface area contributed by atoms with Gasteiger partial charge in [-0.1, -0.05) is 121 Å². The van der Waals surface area contributed by atoms with Crippen LogP contribution in [0.4, 0.5) is 0 Å². The molecule has 16 heteroatoms. The molecule has 2 unspecified atom stereocenters. The van der Waals surface area contributed by atoms with Gasteiger partial charge in [-0.3, -0.25) is 19.2 Å². The van der Waals surface area contributed by atoms with E-state index in [9.17, 15) is 14.7 Å². The van der Waals surface area contributed by atoms with E-state index in [1.807, 2.05) is 133 Å². The van der Waals surface area contributed by atoms with Gasteiger partial charge in [0.1, 0.15) is 5.75 Å². The van der Waals surface area contributed by atoms with E-state index in [0.717, 1.165) is 38.9 Å². The standard InChI is InChI=1S/C52H54N4O8S4/c1-53-47(60)51(33-63-31-38-12-8-6-9-13-38)55(3)45(58)49(53,65-43(67-51)40-22-20-37(30-57)21-23-40)28-35-16-18-36(19-17-35)29-50-46(59)56(4)52(48(61)54(50)2,34-64-32-39-14-10-7-11-15-39)68-44(66-50)41-24-26-42(62-5)27-25-41/h6-27,43-44,57H,28-34H2,1-5H3/t43?,44?,49-,50-,51-,52-/m0/s1. The van der Waals surface area contributed by atoms with Crippen molar-refractivity contribution in [3.8, 4) is 5.75 Å². The summed E-state index contributed by atoms with van der Waals surface area (Å²) in [6, 6.07) is 42.7. The molecule has 0 spiro atoms. The van der Waals surface area contributed by atoms with E-state index in [1.165, 1.54) is 47.0 Å². The molecule has 6 aliphatic rings.